The standard InChI is InChI=1S/C25H37N5O2S/c1-15(2)8-20(25(5,6)7)24(32)30-13-19(31)9-21(30)16(3)26-12-22-27-10-18(11-28-22)23-17(4)29-14-33-23/h10-11,14-15,19-21,26,31H,3,8-9,12-13H2,1-2,4-7H3/t19-,20-,21+/m1/s1. The van der Waals surface area contributed by atoms with Gasteiger partial charge >= 0.3 is 0 Å². The van der Waals surface area contributed by atoms with Gasteiger partial charge in [0, 0.05) is 42.5 Å². The summed E-state index contributed by atoms with van der Waals surface area (Å²) in [4.78, 5) is 29.7. The van der Waals surface area contributed by atoms with Crippen molar-refractivity contribution in [3.8, 4) is 10.4 Å². The Labute approximate surface area is 201 Å². The van der Waals surface area contributed by atoms with Gasteiger partial charge in [-0.05, 0) is 24.7 Å². The number of aryl methyl sites for hydroxylation is 1. The Morgan fingerprint density at radius 3 is 2.52 bits per heavy atom. The van der Waals surface area contributed by atoms with E-state index in [9.17, 15) is 9.90 Å². The van der Waals surface area contributed by atoms with Gasteiger partial charge < -0.3 is 15.3 Å². The third-order valence-electron chi connectivity index (χ3n) is 6.20. The van der Waals surface area contributed by atoms with Crippen LogP contribution in [0.15, 0.2) is 30.2 Å². The lowest BCUT2D eigenvalue weighted by atomic mass is 9.75. The topological polar surface area (TPSA) is 91.2 Å². The average molecular weight is 472 g/mol. The molecule has 3 atom stereocenters. The molecule has 0 bridgehead atoms. The number of aliphatic hydroxyl groups excluding tert-OH is 1. The van der Waals surface area contributed by atoms with E-state index >= 15 is 0 Å². The van der Waals surface area contributed by atoms with Gasteiger partial charge in [0.2, 0.25) is 5.91 Å². The minimum atomic E-state index is -0.546. The number of carbonyl (C=O) groups is 1. The van der Waals surface area contributed by atoms with Crippen LogP contribution in [0.2, 0.25) is 0 Å². The number of aliphatic hydroxyl groups is 1. The molecule has 1 aliphatic rings. The molecule has 33 heavy (non-hydrogen) atoms. The number of amides is 1. The van der Waals surface area contributed by atoms with Crippen molar-refractivity contribution in [2.45, 2.75) is 73.1 Å². The van der Waals surface area contributed by atoms with Gasteiger partial charge in [0.15, 0.2) is 0 Å². The Kier molecular flexibility index (Phi) is 7.90. The Bertz CT molecular complexity index is 964. The first-order valence-corrected chi connectivity index (χ1v) is 12.5. The third-order valence-corrected chi connectivity index (χ3v) is 7.18. The van der Waals surface area contributed by atoms with Crippen LogP contribution in [-0.4, -0.2) is 49.6 Å². The van der Waals surface area contributed by atoms with E-state index in [0.717, 1.165) is 22.6 Å². The zero-order valence-corrected chi connectivity index (χ0v) is 21.4. The minimum Gasteiger partial charge on any atom is -0.391 e. The first kappa shape index (κ1) is 25.3. The number of thiazole rings is 1. The van der Waals surface area contributed by atoms with Crippen molar-refractivity contribution >= 4 is 17.2 Å². The number of hydrogen-bond acceptors (Lipinski definition) is 7. The number of nitrogens with zero attached hydrogens (tertiary/aromatic N) is 4. The summed E-state index contributed by atoms with van der Waals surface area (Å²) >= 11 is 1.57. The second-order valence-electron chi connectivity index (χ2n) is 10.5. The summed E-state index contributed by atoms with van der Waals surface area (Å²) in [6.07, 6.45) is 4.38. The van der Waals surface area contributed by atoms with E-state index in [2.05, 4.69) is 61.5 Å². The normalized spacial score (nSPS) is 19.7. The van der Waals surface area contributed by atoms with Crippen LogP contribution in [0.3, 0.4) is 0 Å². The monoisotopic (exact) mass is 471 g/mol. The second-order valence-corrected chi connectivity index (χ2v) is 11.3. The molecular weight excluding hydrogens is 434 g/mol. The van der Waals surface area contributed by atoms with Gasteiger partial charge in [0.25, 0.3) is 0 Å². The van der Waals surface area contributed by atoms with Crippen molar-refractivity contribution < 1.29 is 9.90 Å². The zero-order chi connectivity index (χ0) is 24.3. The lowest BCUT2D eigenvalue weighted by Gasteiger charge is -2.36. The highest BCUT2D eigenvalue weighted by atomic mass is 32.1. The Hall–Kier alpha value is -2.32. The molecule has 0 spiro atoms. The molecule has 1 saturated heterocycles. The van der Waals surface area contributed by atoms with Gasteiger partial charge in [0.05, 0.1) is 34.8 Å². The molecule has 180 valence electrons. The van der Waals surface area contributed by atoms with E-state index in [1.54, 1.807) is 11.3 Å². The summed E-state index contributed by atoms with van der Waals surface area (Å²) < 4.78 is 0. The lowest BCUT2D eigenvalue weighted by molar-refractivity contribution is -0.140. The van der Waals surface area contributed by atoms with Gasteiger partial charge in [-0.3, -0.25) is 4.79 Å². The number of β-amino-alcohol motifs (C(OH)–C–C–N with tert-alkyl or cyclic N) is 1. The van der Waals surface area contributed by atoms with Crippen molar-refractivity contribution in [2.75, 3.05) is 6.54 Å². The van der Waals surface area contributed by atoms with E-state index in [1.165, 1.54) is 0 Å². The molecule has 1 amide bonds. The molecule has 2 aromatic rings. The van der Waals surface area contributed by atoms with Crippen LogP contribution in [0.25, 0.3) is 10.4 Å². The van der Waals surface area contributed by atoms with Gasteiger partial charge in [-0.25, -0.2) is 15.0 Å². The van der Waals surface area contributed by atoms with Crippen LogP contribution in [0.4, 0.5) is 0 Å². The SMILES string of the molecule is C=C(NCc1ncc(-c2scnc2C)cn1)[C@@H]1C[C@@H](O)CN1C(=O)[C@@H](CC(C)C)C(C)(C)C. The molecule has 1 aliphatic heterocycles. The number of carbonyl (C=O) groups excluding carboxylic acids is 1. The van der Waals surface area contributed by atoms with E-state index in [-0.39, 0.29) is 23.3 Å². The van der Waals surface area contributed by atoms with E-state index in [1.807, 2.05) is 29.7 Å². The molecule has 0 aliphatic carbocycles. The number of aromatic nitrogens is 3. The molecule has 0 aromatic carbocycles. The fourth-order valence-electron chi connectivity index (χ4n) is 4.34. The zero-order valence-electron chi connectivity index (χ0n) is 20.6. The summed E-state index contributed by atoms with van der Waals surface area (Å²) in [5.41, 5.74) is 4.30. The first-order valence-electron chi connectivity index (χ1n) is 11.6. The molecule has 0 radical (unpaired) electrons. The molecule has 8 heteroatoms. The fourth-order valence-corrected chi connectivity index (χ4v) is 5.12. The Morgan fingerprint density at radius 1 is 1.30 bits per heavy atom. The maximum Gasteiger partial charge on any atom is 0.226 e. The lowest BCUT2D eigenvalue weighted by Crippen LogP contribution is -2.46. The quantitative estimate of drug-likeness (QED) is 0.600. The molecule has 7 nitrogen and oxygen atoms in total. The van der Waals surface area contributed by atoms with Crippen molar-refractivity contribution in [1.29, 1.82) is 0 Å². The number of hydrogen-bond donors (Lipinski definition) is 2. The predicted octanol–water partition coefficient (Wildman–Crippen LogP) is 4.18. The number of nitrogens with one attached hydrogen (secondary N) is 1. The van der Waals surface area contributed by atoms with Crippen LogP contribution in [0.1, 0.15) is 59.0 Å². The number of rotatable bonds is 8. The van der Waals surface area contributed by atoms with Gasteiger partial charge in [-0.15, -0.1) is 11.3 Å². The first-order chi connectivity index (χ1) is 15.5. The van der Waals surface area contributed by atoms with Crippen LogP contribution < -0.4 is 5.32 Å². The molecular formula is C25H37N5O2S. The highest BCUT2D eigenvalue weighted by Crippen LogP contribution is 2.35. The second kappa shape index (κ2) is 10.3. The predicted molar refractivity (Wildman–Crippen MR) is 132 cm³/mol. The van der Waals surface area contributed by atoms with E-state index < -0.39 is 6.10 Å². The molecule has 1 fully saturated rings. The Morgan fingerprint density at radius 2 is 1.97 bits per heavy atom. The highest BCUT2D eigenvalue weighted by Gasteiger charge is 2.42. The molecule has 2 N–H and O–H groups in total. The number of likely N-dealkylation sites (tertiary alicyclic amines) is 1. The van der Waals surface area contributed by atoms with Crippen LogP contribution in [0, 0.1) is 24.2 Å². The maximum atomic E-state index is 13.6. The highest BCUT2D eigenvalue weighted by molar-refractivity contribution is 7.13. The Balaban J connectivity index is 1.66. The minimum absolute atomic E-state index is 0.0984. The smallest absolute Gasteiger partial charge is 0.226 e. The molecule has 0 saturated carbocycles. The largest absolute Gasteiger partial charge is 0.391 e. The van der Waals surface area contributed by atoms with Crippen molar-refractivity contribution in [3.63, 3.8) is 0 Å². The van der Waals surface area contributed by atoms with E-state index in [0.29, 0.717) is 36.9 Å². The van der Waals surface area contributed by atoms with Crippen molar-refractivity contribution in [1.82, 2.24) is 25.2 Å². The van der Waals surface area contributed by atoms with Crippen molar-refractivity contribution in [2.24, 2.45) is 17.3 Å². The van der Waals surface area contributed by atoms with Gasteiger partial charge in [-0.1, -0.05) is 41.2 Å². The molecule has 3 heterocycles. The fraction of sp³-hybridized carbons (Fsp3) is 0.600. The van der Waals surface area contributed by atoms with Crippen LogP contribution >= 0.6 is 11.3 Å². The maximum absolute atomic E-state index is 13.6. The van der Waals surface area contributed by atoms with Gasteiger partial charge in [0.1, 0.15) is 5.82 Å². The molecule has 3 rings (SSSR count). The average Bonchev–Trinajstić information content (AvgIpc) is 3.35. The van der Waals surface area contributed by atoms with E-state index in [4.69, 9.17) is 0 Å². The summed E-state index contributed by atoms with van der Waals surface area (Å²) in [5.74, 6) is 1.05. The molecule has 0 unspecified atom stereocenters. The summed E-state index contributed by atoms with van der Waals surface area (Å²) in [5, 5.41) is 13.7. The van der Waals surface area contributed by atoms with Gasteiger partial charge in [-0.2, -0.15) is 0 Å². The van der Waals surface area contributed by atoms with Crippen molar-refractivity contribution in [3.05, 3.63) is 41.7 Å². The van der Waals surface area contributed by atoms with Crippen LogP contribution in [-0.2, 0) is 11.3 Å². The summed E-state index contributed by atoms with van der Waals surface area (Å²) in [7, 11) is 0. The molecule has 2 aromatic heterocycles. The summed E-state index contributed by atoms with van der Waals surface area (Å²) in [6.45, 7) is 17.5. The third kappa shape index (κ3) is 6.18. The summed E-state index contributed by atoms with van der Waals surface area (Å²) in [6, 6.07) is -0.247. The van der Waals surface area contributed by atoms with Crippen LogP contribution in [0.5, 0.6) is 0 Å².